The molecule has 2 fully saturated rings. The number of hydrogen-bond donors (Lipinski definition) is 3. The van der Waals surface area contributed by atoms with Crippen molar-refractivity contribution >= 4 is 35.4 Å². The Bertz CT molecular complexity index is 831. The van der Waals surface area contributed by atoms with Crippen molar-refractivity contribution in [3.8, 4) is 0 Å². The molecule has 0 aliphatic carbocycles. The Labute approximate surface area is 176 Å². The van der Waals surface area contributed by atoms with Crippen molar-refractivity contribution in [2.45, 2.75) is 38.3 Å². The van der Waals surface area contributed by atoms with Gasteiger partial charge in [0, 0.05) is 43.4 Å². The van der Waals surface area contributed by atoms with Gasteiger partial charge in [-0.1, -0.05) is 18.2 Å². The van der Waals surface area contributed by atoms with E-state index in [0.717, 1.165) is 37.9 Å². The number of likely N-dealkylation sites (tertiary alicyclic amines) is 1. The molecule has 29 heavy (non-hydrogen) atoms. The minimum atomic E-state index is -0.556. The topological polar surface area (TPSA) is 97.7 Å². The first-order chi connectivity index (χ1) is 13.5. The number of carbonyl (C=O) groups excluding carboxylic acids is 2. The van der Waals surface area contributed by atoms with Gasteiger partial charge in [-0.2, -0.15) is 0 Å². The van der Waals surface area contributed by atoms with E-state index in [-0.39, 0.29) is 30.5 Å². The van der Waals surface area contributed by atoms with Crippen LogP contribution in [0.15, 0.2) is 30.3 Å². The van der Waals surface area contributed by atoms with E-state index >= 15 is 0 Å². The summed E-state index contributed by atoms with van der Waals surface area (Å²) in [5, 5.41) is 6.96. The van der Waals surface area contributed by atoms with Crippen molar-refractivity contribution in [3.05, 3.63) is 36.0 Å². The van der Waals surface area contributed by atoms with E-state index in [2.05, 4.69) is 40.3 Å². The molecule has 1 unspecified atom stereocenters. The lowest BCUT2D eigenvalue weighted by Gasteiger charge is -2.44. The number of aromatic amines is 1. The van der Waals surface area contributed by atoms with Crippen LogP contribution >= 0.6 is 12.4 Å². The number of nitrogens with zero attached hydrogens (tertiary/aromatic N) is 3. The van der Waals surface area contributed by atoms with E-state index < -0.39 is 6.03 Å². The molecular weight excluding hydrogens is 392 g/mol. The molecule has 158 valence electrons. The minimum Gasteiger partial charge on any atom is -0.357 e. The van der Waals surface area contributed by atoms with Gasteiger partial charge in [-0.3, -0.25) is 4.90 Å². The van der Waals surface area contributed by atoms with Gasteiger partial charge >= 0.3 is 12.1 Å². The monoisotopic (exact) mass is 420 g/mol. The van der Waals surface area contributed by atoms with Crippen LogP contribution in [0.5, 0.6) is 0 Å². The number of benzene rings is 1. The maximum Gasteiger partial charge on any atom is 0.336 e. The molecule has 2 aliphatic heterocycles. The Balaban J connectivity index is 0.00000240. The van der Waals surface area contributed by atoms with E-state index in [4.69, 9.17) is 5.73 Å². The fourth-order valence-electron chi connectivity index (χ4n) is 4.35. The highest BCUT2D eigenvalue weighted by atomic mass is 35.5. The minimum absolute atomic E-state index is 0. The van der Waals surface area contributed by atoms with Gasteiger partial charge in [0.25, 0.3) is 0 Å². The number of halogens is 1. The van der Waals surface area contributed by atoms with Crippen molar-refractivity contribution in [1.29, 1.82) is 0 Å². The molecule has 0 radical (unpaired) electrons. The highest BCUT2D eigenvalue weighted by Gasteiger charge is 2.35. The van der Waals surface area contributed by atoms with E-state index in [0.29, 0.717) is 13.1 Å². The smallest absolute Gasteiger partial charge is 0.336 e. The Kier molecular flexibility index (Phi) is 6.54. The number of piperidine rings is 1. The lowest BCUT2D eigenvalue weighted by molar-refractivity contribution is -0.0147. The van der Waals surface area contributed by atoms with Crippen molar-refractivity contribution in [2.24, 2.45) is 5.73 Å². The van der Waals surface area contributed by atoms with Crippen LogP contribution in [0.4, 0.5) is 9.59 Å². The van der Waals surface area contributed by atoms with Gasteiger partial charge in [-0.15, -0.1) is 12.4 Å². The molecule has 1 aromatic carbocycles. The Morgan fingerprint density at radius 3 is 2.62 bits per heavy atom. The summed E-state index contributed by atoms with van der Waals surface area (Å²) in [7, 11) is 0. The molecule has 9 heteroatoms. The second kappa shape index (κ2) is 8.92. The number of nitrogens with one attached hydrogen (secondary N) is 2. The van der Waals surface area contributed by atoms with Gasteiger partial charge in [0.1, 0.15) is 0 Å². The number of hydrazine groups is 1. The molecule has 0 bridgehead atoms. The molecule has 4 N–H and O–H groups in total. The number of aromatic nitrogens is 1. The standard InChI is InChI=1S/C20H28N6O2.ClH/c1-14(18-13-15-5-2-3-6-17(15)23-18)24-11-7-16(8-12-24)26(19(21)27)25-10-4-9-22-20(25)28;/h2-3,5-6,13-14,16,23H,4,7-12H2,1H3,(H2,21,27)(H,22,28);1H. The Hall–Kier alpha value is -2.45. The van der Waals surface area contributed by atoms with E-state index in [1.54, 1.807) is 0 Å². The molecule has 2 saturated heterocycles. The number of fused-ring (bicyclic) bond motifs is 1. The molecule has 1 aromatic heterocycles. The van der Waals surface area contributed by atoms with E-state index in [1.165, 1.54) is 21.1 Å². The number of hydrogen-bond acceptors (Lipinski definition) is 3. The average Bonchev–Trinajstić information content (AvgIpc) is 3.14. The number of nitrogens with two attached hydrogens (primary N) is 1. The van der Waals surface area contributed by atoms with Crippen LogP contribution in [-0.2, 0) is 0 Å². The number of urea groups is 2. The van der Waals surface area contributed by atoms with Crippen LogP contribution in [0.2, 0.25) is 0 Å². The summed E-state index contributed by atoms with van der Waals surface area (Å²) >= 11 is 0. The van der Waals surface area contributed by atoms with E-state index in [9.17, 15) is 9.59 Å². The van der Waals surface area contributed by atoms with Gasteiger partial charge in [-0.25, -0.2) is 19.6 Å². The zero-order chi connectivity index (χ0) is 19.7. The molecule has 8 nitrogen and oxygen atoms in total. The first kappa shape index (κ1) is 21.3. The molecular formula is C20H29ClN6O2. The van der Waals surface area contributed by atoms with Crippen LogP contribution in [-0.4, -0.2) is 64.2 Å². The number of primary amides is 1. The molecule has 4 rings (SSSR count). The van der Waals surface area contributed by atoms with Crippen LogP contribution < -0.4 is 11.1 Å². The largest absolute Gasteiger partial charge is 0.357 e. The number of carbonyl (C=O) groups is 2. The second-order valence-corrected chi connectivity index (χ2v) is 7.65. The lowest BCUT2D eigenvalue weighted by atomic mass is 10.0. The van der Waals surface area contributed by atoms with Crippen molar-refractivity contribution in [3.63, 3.8) is 0 Å². The van der Waals surface area contributed by atoms with Gasteiger partial charge in [0.2, 0.25) is 0 Å². The predicted octanol–water partition coefficient (Wildman–Crippen LogP) is 2.83. The van der Waals surface area contributed by atoms with Crippen molar-refractivity contribution < 1.29 is 9.59 Å². The molecule has 0 spiro atoms. The summed E-state index contributed by atoms with van der Waals surface area (Å²) in [6, 6.07) is 9.91. The fraction of sp³-hybridized carbons (Fsp3) is 0.500. The third-order valence-electron chi connectivity index (χ3n) is 5.94. The van der Waals surface area contributed by atoms with Crippen LogP contribution in [0.25, 0.3) is 10.9 Å². The van der Waals surface area contributed by atoms with Crippen LogP contribution in [0.3, 0.4) is 0 Å². The summed E-state index contributed by atoms with van der Waals surface area (Å²) in [6.45, 7) is 5.07. The third kappa shape index (κ3) is 4.28. The summed E-state index contributed by atoms with van der Waals surface area (Å²) < 4.78 is 0. The number of H-pyrrole nitrogens is 1. The van der Waals surface area contributed by atoms with Gasteiger partial charge in [-0.05, 0) is 43.7 Å². The highest BCUT2D eigenvalue weighted by molar-refractivity contribution is 5.85. The fourth-order valence-corrected chi connectivity index (χ4v) is 4.35. The molecule has 3 heterocycles. The van der Waals surface area contributed by atoms with Gasteiger partial charge in [0.15, 0.2) is 0 Å². The van der Waals surface area contributed by atoms with E-state index in [1.807, 2.05) is 12.1 Å². The molecule has 0 saturated carbocycles. The number of rotatable bonds is 4. The molecule has 4 amide bonds. The first-order valence-corrected chi connectivity index (χ1v) is 10.00. The van der Waals surface area contributed by atoms with Gasteiger partial charge < -0.3 is 16.0 Å². The average molecular weight is 421 g/mol. The summed E-state index contributed by atoms with van der Waals surface area (Å²) in [5.41, 5.74) is 7.98. The molecule has 1 atom stereocenters. The zero-order valence-electron chi connectivity index (χ0n) is 16.6. The Morgan fingerprint density at radius 1 is 1.24 bits per heavy atom. The predicted molar refractivity (Wildman–Crippen MR) is 115 cm³/mol. The molecule has 2 aromatic rings. The van der Waals surface area contributed by atoms with Crippen molar-refractivity contribution in [1.82, 2.24) is 25.2 Å². The van der Waals surface area contributed by atoms with Crippen LogP contribution in [0, 0.1) is 0 Å². The van der Waals surface area contributed by atoms with Crippen molar-refractivity contribution in [2.75, 3.05) is 26.2 Å². The van der Waals surface area contributed by atoms with Crippen LogP contribution in [0.1, 0.15) is 37.9 Å². The summed E-state index contributed by atoms with van der Waals surface area (Å²) in [4.78, 5) is 30.2. The quantitative estimate of drug-likeness (QED) is 0.709. The zero-order valence-corrected chi connectivity index (χ0v) is 17.5. The summed E-state index contributed by atoms with van der Waals surface area (Å²) in [6.07, 6.45) is 2.39. The second-order valence-electron chi connectivity index (χ2n) is 7.65. The maximum absolute atomic E-state index is 12.2. The summed E-state index contributed by atoms with van der Waals surface area (Å²) in [5.74, 6) is 0. The highest BCUT2D eigenvalue weighted by Crippen LogP contribution is 2.28. The number of para-hydroxylation sites is 1. The van der Waals surface area contributed by atoms with Gasteiger partial charge in [0.05, 0.1) is 6.04 Å². The normalized spacial score (nSPS) is 19.5. The Morgan fingerprint density at radius 2 is 1.97 bits per heavy atom. The lowest BCUT2D eigenvalue weighted by Crippen LogP contribution is -2.62. The number of amides is 4. The first-order valence-electron chi connectivity index (χ1n) is 10.00. The maximum atomic E-state index is 12.2. The SMILES string of the molecule is CC(c1cc2ccccc2[nH]1)N1CCC(N(C(N)=O)N2CCCNC2=O)CC1.Cl. The molecule has 2 aliphatic rings. The third-order valence-corrected chi connectivity index (χ3v) is 5.94.